The Balaban J connectivity index is -0.000000134. The van der Waals surface area contributed by atoms with E-state index in [0.29, 0.717) is 0 Å². The minimum atomic E-state index is 0.792. The van der Waals surface area contributed by atoms with E-state index >= 15 is 0 Å². The van der Waals surface area contributed by atoms with E-state index in [9.17, 15) is 0 Å². The molecular formula is C70H121N19. The molecule has 0 amide bonds. The summed E-state index contributed by atoms with van der Waals surface area (Å²) in [6.45, 7) is 68.4. The fourth-order valence-corrected chi connectivity index (χ4v) is 4.93. The zero-order chi connectivity index (χ0) is 70.7. The largest absolute Gasteiger partial charge is 0.261 e. The van der Waals surface area contributed by atoms with Gasteiger partial charge in [0.1, 0.15) is 47.1 Å². The normalized spacial score (nSPS) is 8.17. The van der Waals surface area contributed by atoms with Crippen LogP contribution in [0.4, 0.5) is 0 Å². The second-order valence-corrected chi connectivity index (χ2v) is 16.3. The molecule has 89 heavy (non-hydrogen) atoms. The predicted molar refractivity (Wildman–Crippen MR) is 377 cm³/mol. The second kappa shape index (κ2) is 70.4. The van der Waals surface area contributed by atoms with E-state index in [1.807, 2.05) is 285 Å². The average molecular weight is 1230 g/mol. The third-order valence-electron chi connectivity index (χ3n) is 8.26. The summed E-state index contributed by atoms with van der Waals surface area (Å²) in [5.41, 5.74) is 12.1. The van der Waals surface area contributed by atoms with Crippen molar-refractivity contribution in [3.05, 3.63) is 208 Å². The van der Waals surface area contributed by atoms with E-state index in [2.05, 4.69) is 94.7 Å². The van der Waals surface area contributed by atoms with Crippen molar-refractivity contribution in [1.29, 1.82) is 0 Å². The maximum absolute atomic E-state index is 4.11. The van der Waals surface area contributed by atoms with Crippen LogP contribution >= 0.6 is 0 Å². The molecule has 19 heteroatoms. The topological polar surface area (TPSA) is 245 Å². The lowest BCUT2D eigenvalue weighted by Crippen LogP contribution is -1.97. The lowest BCUT2D eigenvalue weighted by atomic mass is 10.4. The Morgan fingerprint density at radius 3 is 0.607 bits per heavy atom. The van der Waals surface area contributed by atoms with Crippen LogP contribution in [0.25, 0.3) is 0 Å². The average Bonchev–Trinajstić information content (AvgIpc) is 3.57. The second-order valence-electron chi connectivity index (χ2n) is 16.3. The first-order chi connectivity index (χ1) is 42.5. The van der Waals surface area contributed by atoms with Gasteiger partial charge in [-0.25, -0.2) is 64.8 Å². The molecule has 0 N–H and O–H groups in total. The Labute approximate surface area is 542 Å². The summed E-state index contributed by atoms with van der Waals surface area (Å²) in [5, 5.41) is 0. The maximum atomic E-state index is 4.11. The first kappa shape index (κ1) is 96.9. The smallest absolute Gasteiger partial charge is 0.129 e. The van der Waals surface area contributed by atoms with Gasteiger partial charge in [-0.3, -0.25) is 29.9 Å². The Kier molecular flexibility index (Phi) is 76.7. The molecule has 0 saturated heterocycles. The Morgan fingerprint density at radius 2 is 0.449 bits per heavy atom. The van der Waals surface area contributed by atoms with E-state index in [1.165, 1.54) is 0 Å². The van der Waals surface area contributed by atoms with Gasteiger partial charge in [-0.05, 0) is 161 Å². The molecule has 9 aromatic rings. The van der Waals surface area contributed by atoms with Crippen LogP contribution < -0.4 is 0 Å². The number of aromatic nitrogens is 19. The first-order valence-electron chi connectivity index (χ1n) is 31.2. The minimum absolute atomic E-state index is 0.792. The van der Waals surface area contributed by atoms with Gasteiger partial charge in [0.15, 0.2) is 0 Å². The van der Waals surface area contributed by atoms with E-state index < -0.39 is 0 Å². The predicted octanol–water partition coefficient (Wildman–Crippen LogP) is 17.8. The molecule has 19 nitrogen and oxygen atoms in total. The summed E-state index contributed by atoms with van der Waals surface area (Å²) >= 11 is 0. The van der Waals surface area contributed by atoms with Crippen molar-refractivity contribution in [1.82, 2.24) is 94.7 Å². The van der Waals surface area contributed by atoms with Crippen molar-refractivity contribution >= 4 is 0 Å². The SMILES string of the molecule is CC.CC.CC.CC.CC.CC.CC.CC.Cc1cc(C)ncn1.Cc1ccnc(C)n1.Cc1ccnc(C)n1.Cc1cnc(C)cn1.Cc1cnc(C)cn1.Cc1cnc(C)nc1.Cc1cnc(C)nc1.Cc1cncc(C)n1.Cc1nc(C)nc(C)n1. The molecular weight excluding hydrogens is 1110 g/mol. The minimum Gasteiger partial charge on any atom is -0.261 e. The molecule has 0 aliphatic carbocycles. The van der Waals surface area contributed by atoms with Gasteiger partial charge in [0.2, 0.25) is 0 Å². The molecule has 0 bridgehead atoms. The van der Waals surface area contributed by atoms with E-state index in [4.69, 9.17) is 0 Å². The summed E-state index contributed by atoms with van der Waals surface area (Å²) in [5.74, 6) is 5.71. The van der Waals surface area contributed by atoms with Gasteiger partial charge in [0.25, 0.3) is 0 Å². The molecule has 0 radical (unpaired) electrons. The molecule has 496 valence electrons. The monoisotopic (exact) mass is 1230 g/mol. The number of nitrogens with zero attached hydrogens (tertiary/aromatic N) is 19. The van der Waals surface area contributed by atoms with Crippen LogP contribution in [0.1, 0.15) is 220 Å². The summed E-state index contributed by atoms with van der Waals surface area (Å²) in [4.78, 5) is 75.8. The van der Waals surface area contributed by atoms with E-state index in [0.717, 1.165) is 109 Å². The van der Waals surface area contributed by atoms with Gasteiger partial charge in [0.05, 0.1) is 34.2 Å². The van der Waals surface area contributed by atoms with Crippen LogP contribution in [-0.4, -0.2) is 94.7 Å². The first-order valence-corrected chi connectivity index (χ1v) is 31.2. The van der Waals surface area contributed by atoms with Crippen LogP contribution in [0.5, 0.6) is 0 Å². The zero-order valence-corrected chi connectivity index (χ0v) is 62.2. The van der Waals surface area contributed by atoms with E-state index in [-0.39, 0.29) is 0 Å². The highest BCUT2D eigenvalue weighted by Gasteiger charge is 1.92. The lowest BCUT2D eigenvalue weighted by molar-refractivity contribution is 0.875. The summed E-state index contributed by atoms with van der Waals surface area (Å²) in [6, 6.07) is 5.71. The maximum Gasteiger partial charge on any atom is 0.129 e. The fourth-order valence-electron chi connectivity index (χ4n) is 4.93. The Hall–Kier alpha value is -8.35. The number of aryl methyl sites for hydroxylation is 19. The van der Waals surface area contributed by atoms with Crippen LogP contribution in [0.2, 0.25) is 0 Å². The highest BCUT2D eigenvalue weighted by molar-refractivity contribution is 5.05. The molecule has 0 saturated carbocycles. The van der Waals surface area contributed by atoms with Gasteiger partial charge in [-0.15, -0.1) is 0 Å². The quantitative estimate of drug-likeness (QED) is 0.137. The van der Waals surface area contributed by atoms with E-state index in [1.54, 1.807) is 55.9 Å². The lowest BCUT2D eigenvalue weighted by Gasteiger charge is -1.94. The van der Waals surface area contributed by atoms with Gasteiger partial charge in [-0.2, -0.15) is 0 Å². The Morgan fingerprint density at radius 1 is 0.191 bits per heavy atom. The van der Waals surface area contributed by atoms with Crippen molar-refractivity contribution in [2.45, 2.75) is 242 Å². The molecule has 0 spiro atoms. The third kappa shape index (κ3) is 68.6. The molecule has 0 aromatic carbocycles. The van der Waals surface area contributed by atoms with Crippen molar-refractivity contribution < 1.29 is 0 Å². The summed E-state index contributed by atoms with van der Waals surface area (Å²) in [7, 11) is 0. The van der Waals surface area contributed by atoms with Crippen molar-refractivity contribution in [2.75, 3.05) is 0 Å². The van der Waals surface area contributed by atoms with Crippen LogP contribution in [0, 0.1) is 132 Å². The van der Waals surface area contributed by atoms with Gasteiger partial charge in [-0.1, -0.05) is 111 Å². The third-order valence-corrected chi connectivity index (χ3v) is 8.26. The van der Waals surface area contributed by atoms with Gasteiger partial charge < -0.3 is 0 Å². The van der Waals surface area contributed by atoms with Crippen molar-refractivity contribution in [2.24, 2.45) is 0 Å². The standard InChI is InChI=1S/C6H9N3.8C6H8N2.8C2H6/c1-4-7-5(2)9-6(3)8-4;2*1-5-3-8-6(2)4-7-5;1-5-3-7-4-6(2)8-5;1-5-3-6(2)8-4-7-5;2*1-5-3-7-6(2)8-4-5;2*1-5-3-4-7-6(2)8-5;8*1-2/h1-3H3;8*3-4H,1-2H3;8*1-2H3. The van der Waals surface area contributed by atoms with Gasteiger partial charge >= 0.3 is 0 Å². The highest BCUT2D eigenvalue weighted by Crippen LogP contribution is 1.95. The molecule has 0 atom stereocenters. The number of hydrogen-bond donors (Lipinski definition) is 0. The molecule has 0 aliphatic rings. The zero-order valence-electron chi connectivity index (χ0n) is 62.2. The molecule has 9 rings (SSSR count). The number of hydrogen-bond acceptors (Lipinski definition) is 19. The molecule has 0 unspecified atom stereocenters. The molecule has 9 heterocycles. The van der Waals surface area contributed by atoms with Crippen molar-refractivity contribution in [3.8, 4) is 0 Å². The fraction of sp³-hybridized carbons (Fsp3) is 0.500. The van der Waals surface area contributed by atoms with Crippen LogP contribution in [0.3, 0.4) is 0 Å². The highest BCUT2D eigenvalue weighted by atomic mass is 15.0. The Bertz CT molecular complexity index is 2330. The van der Waals surface area contributed by atoms with Crippen LogP contribution in [-0.2, 0) is 0 Å². The summed E-state index contributed by atoms with van der Waals surface area (Å²) < 4.78 is 0. The molecule has 0 fully saturated rings. The van der Waals surface area contributed by atoms with Crippen molar-refractivity contribution in [3.63, 3.8) is 0 Å². The summed E-state index contributed by atoms with van der Waals surface area (Å²) in [6.07, 6.45) is 22.9. The van der Waals surface area contributed by atoms with Crippen LogP contribution in [0.15, 0.2) is 98.9 Å². The molecule has 9 aromatic heterocycles. The molecule has 0 aliphatic heterocycles. The van der Waals surface area contributed by atoms with Gasteiger partial charge in [0, 0.05) is 97.1 Å². The number of rotatable bonds is 0.